The monoisotopic (exact) mass is 422 g/mol. The highest BCUT2D eigenvalue weighted by Crippen LogP contribution is 2.21. The third-order valence-corrected chi connectivity index (χ3v) is 5.54. The Kier molecular flexibility index (Phi) is 6.14. The van der Waals surface area contributed by atoms with Crippen LogP contribution in [-0.4, -0.2) is 54.4 Å². The van der Waals surface area contributed by atoms with Crippen LogP contribution in [0.3, 0.4) is 0 Å². The quantitative estimate of drug-likeness (QED) is 0.686. The Hall–Kier alpha value is -3.12. The van der Waals surface area contributed by atoms with Gasteiger partial charge >= 0.3 is 0 Å². The molecule has 2 amide bonds. The highest BCUT2D eigenvalue weighted by molar-refractivity contribution is 6.30. The summed E-state index contributed by atoms with van der Waals surface area (Å²) in [5.74, 6) is -0.246. The fourth-order valence-corrected chi connectivity index (χ4v) is 3.90. The number of carbonyl (C=O) groups excluding carboxylic acids is 2. The van der Waals surface area contributed by atoms with Gasteiger partial charge in [0, 0.05) is 48.5 Å². The zero-order valence-corrected chi connectivity index (χ0v) is 17.3. The number of aromatic nitrogens is 1. The number of amides is 2. The Labute approximate surface area is 180 Å². The molecule has 1 fully saturated rings. The first-order valence-corrected chi connectivity index (χ1v) is 10.4. The summed E-state index contributed by atoms with van der Waals surface area (Å²) in [5, 5.41) is 4.45. The fraction of sp³-hybridized carbons (Fsp3) is 0.261. The Morgan fingerprint density at radius 3 is 2.57 bits per heavy atom. The number of anilines is 1. The third-order valence-electron chi connectivity index (χ3n) is 5.31. The normalized spacial score (nSPS) is 14.0. The number of fused-ring (bicyclic) bond motifs is 1. The van der Waals surface area contributed by atoms with E-state index >= 15 is 0 Å². The fourth-order valence-electron chi connectivity index (χ4n) is 3.72. The average Bonchev–Trinajstić information content (AvgIpc) is 2.78. The molecule has 0 spiro atoms. The van der Waals surface area contributed by atoms with E-state index in [0.29, 0.717) is 18.1 Å². The van der Waals surface area contributed by atoms with Gasteiger partial charge in [0.15, 0.2) is 0 Å². The van der Waals surface area contributed by atoms with Gasteiger partial charge in [0.1, 0.15) is 0 Å². The van der Waals surface area contributed by atoms with Gasteiger partial charge in [0.2, 0.25) is 11.8 Å². The first-order chi connectivity index (χ1) is 14.6. The number of carbonyl (C=O) groups is 2. The van der Waals surface area contributed by atoms with Crippen molar-refractivity contribution < 1.29 is 9.59 Å². The Balaban J connectivity index is 1.27. The second-order valence-electron chi connectivity index (χ2n) is 7.29. The Bertz CT molecular complexity index is 1060. The molecule has 0 aliphatic carbocycles. The number of nitrogens with one attached hydrogen (secondary N) is 1. The van der Waals surface area contributed by atoms with Gasteiger partial charge < -0.3 is 15.1 Å². The maximum absolute atomic E-state index is 12.5. The molecule has 0 saturated carbocycles. The van der Waals surface area contributed by atoms with Crippen LogP contribution in [0.2, 0.25) is 5.02 Å². The van der Waals surface area contributed by atoms with Crippen molar-refractivity contribution in [3.05, 3.63) is 71.4 Å². The van der Waals surface area contributed by atoms with E-state index in [0.717, 1.165) is 35.2 Å². The van der Waals surface area contributed by atoms with Crippen molar-refractivity contribution in [1.29, 1.82) is 0 Å². The van der Waals surface area contributed by atoms with Crippen LogP contribution in [0.15, 0.2) is 60.8 Å². The standard InChI is InChI=1S/C23H23ClN4O2/c24-19-7-2-8-20(15-19)27-10-12-28(13-11-27)22(30)16-26-21(29)14-18-5-1-4-17-6-3-9-25-23(17)18/h1-9,15H,10-14,16H2,(H,26,29). The zero-order chi connectivity index (χ0) is 20.9. The van der Waals surface area contributed by atoms with Crippen molar-refractivity contribution in [1.82, 2.24) is 15.2 Å². The lowest BCUT2D eigenvalue weighted by atomic mass is 10.1. The van der Waals surface area contributed by atoms with Gasteiger partial charge in [-0.05, 0) is 29.8 Å². The van der Waals surface area contributed by atoms with Crippen LogP contribution in [0.25, 0.3) is 10.9 Å². The Morgan fingerprint density at radius 2 is 1.77 bits per heavy atom. The number of hydrogen-bond acceptors (Lipinski definition) is 4. The molecule has 1 aromatic heterocycles. The molecule has 6 nitrogen and oxygen atoms in total. The van der Waals surface area contributed by atoms with E-state index in [1.807, 2.05) is 54.6 Å². The predicted octanol–water partition coefficient (Wildman–Crippen LogP) is 2.90. The summed E-state index contributed by atoms with van der Waals surface area (Å²) in [4.78, 5) is 33.3. The van der Waals surface area contributed by atoms with E-state index in [4.69, 9.17) is 11.6 Å². The molecule has 1 aliphatic heterocycles. The van der Waals surface area contributed by atoms with Crippen molar-refractivity contribution in [3.8, 4) is 0 Å². The molecule has 2 heterocycles. The van der Waals surface area contributed by atoms with Crippen molar-refractivity contribution in [2.24, 2.45) is 0 Å². The van der Waals surface area contributed by atoms with Gasteiger partial charge in [-0.3, -0.25) is 14.6 Å². The number of halogens is 1. The van der Waals surface area contributed by atoms with E-state index in [9.17, 15) is 9.59 Å². The number of para-hydroxylation sites is 1. The molecule has 0 bridgehead atoms. The molecular formula is C23H23ClN4O2. The summed E-state index contributed by atoms with van der Waals surface area (Å²) in [6.07, 6.45) is 1.92. The average molecular weight is 423 g/mol. The SMILES string of the molecule is O=C(Cc1cccc2cccnc12)NCC(=O)N1CCN(c2cccc(Cl)c2)CC1. The first-order valence-electron chi connectivity index (χ1n) is 9.98. The molecule has 3 aromatic rings. The molecule has 154 valence electrons. The largest absolute Gasteiger partial charge is 0.368 e. The minimum atomic E-state index is -0.181. The minimum Gasteiger partial charge on any atom is -0.368 e. The van der Waals surface area contributed by atoms with Crippen LogP contribution in [0.5, 0.6) is 0 Å². The molecule has 0 atom stereocenters. The van der Waals surface area contributed by atoms with Crippen LogP contribution in [0.1, 0.15) is 5.56 Å². The molecule has 7 heteroatoms. The van der Waals surface area contributed by atoms with Crippen LogP contribution in [0.4, 0.5) is 5.69 Å². The second kappa shape index (κ2) is 9.13. The highest BCUT2D eigenvalue weighted by atomic mass is 35.5. The van der Waals surface area contributed by atoms with E-state index in [-0.39, 0.29) is 24.8 Å². The van der Waals surface area contributed by atoms with Gasteiger partial charge in [-0.25, -0.2) is 0 Å². The number of benzene rings is 2. The van der Waals surface area contributed by atoms with Crippen molar-refractivity contribution in [2.45, 2.75) is 6.42 Å². The lowest BCUT2D eigenvalue weighted by Gasteiger charge is -2.36. The molecule has 4 rings (SSSR count). The van der Waals surface area contributed by atoms with E-state index in [2.05, 4.69) is 15.2 Å². The summed E-state index contributed by atoms with van der Waals surface area (Å²) in [6.45, 7) is 2.72. The molecule has 2 aromatic carbocycles. The molecular weight excluding hydrogens is 400 g/mol. The minimum absolute atomic E-state index is 0.00813. The van der Waals surface area contributed by atoms with Crippen LogP contribution in [0, 0.1) is 0 Å². The van der Waals surface area contributed by atoms with Gasteiger partial charge in [-0.2, -0.15) is 0 Å². The summed E-state index contributed by atoms with van der Waals surface area (Å²) in [6, 6.07) is 17.3. The van der Waals surface area contributed by atoms with Gasteiger partial charge in [0.05, 0.1) is 18.5 Å². The first kappa shape index (κ1) is 20.2. The van der Waals surface area contributed by atoms with E-state index in [1.165, 1.54) is 0 Å². The number of pyridine rings is 1. The summed E-state index contributed by atoms with van der Waals surface area (Å²) < 4.78 is 0. The van der Waals surface area contributed by atoms with Crippen LogP contribution in [-0.2, 0) is 16.0 Å². The summed E-state index contributed by atoms with van der Waals surface area (Å²) in [5.41, 5.74) is 2.73. The lowest BCUT2D eigenvalue weighted by Crippen LogP contribution is -2.51. The molecule has 1 saturated heterocycles. The molecule has 1 N–H and O–H groups in total. The third kappa shape index (κ3) is 4.71. The van der Waals surface area contributed by atoms with Gasteiger partial charge in [0.25, 0.3) is 0 Å². The molecule has 1 aliphatic rings. The predicted molar refractivity (Wildman–Crippen MR) is 119 cm³/mol. The summed E-state index contributed by atoms with van der Waals surface area (Å²) >= 11 is 6.07. The second-order valence-corrected chi connectivity index (χ2v) is 7.73. The van der Waals surface area contributed by atoms with Crippen molar-refractivity contribution >= 4 is 40.0 Å². The van der Waals surface area contributed by atoms with Crippen molar-refractivity contribution in [2.75, 3.05) is 37.6 Å². The van der Waals surface area contributed by atoms with Crippen molar-refractivity contribution in [3.63, 3.8) is 0 Å². The van der Waals surface area contributed by atoms with E-state index < -0.39 is 0 Å². The van der Waals surface area contributed by atoms with Gasteiger partial charge in [-0.1, -0.05) is 41.9 Å². The maximum atomic E-state index is 12.5. The zero-order valence-electron chi connectivity index (χ0n) is 16.6. The number of nitrogens with zero attached hydrogens (tertiary/aromatic N) is 3. The number of rotatable bonds is 5. The van der Waals surface area contributed by atoms with Gasteiger partial charge in [-0.15, -0.1) is 0 Å². The molecule has 30 heavy (non-hydrogen) atoms. The molecule has 0 unspecified atom stereocenters. The van der Waals surface area contributed by atoms with Crippen LogP contribution >= 0.6 is 11.6 Å². The topological polar surface area (TPSA) is 65.5 Å². The van der Waals surface area contributed by atoms with Crippen LogP contribution < -0.4 is 10.2 Å². The number of piperazine rings is 1. The highest BCUT2D eigenvalue weighted by Gasteiger charge is 2.21. The number of hydrogen-bond donors (Lipinski definition) is 1. The molecule has 0 radical (unpaired) electrons. The van der Waals surface area contributed by atoms with E-state index in [1.54, 1.807) is 11.1 Å². The smallest absolute Gasteiger partial charge is 0.242 e. The lowest BCUT2D eigenvalue weighted by molar-refractivity contribution is -0.133. The Morgan fingerprint density at radius 1 is 1.00 bits per heavy atom. The maximum Gasteiger partial charge on any atom is 0.242 e. The summed E-state index contributed by atoms with van der Waals surface area (Å²) in [7, 11) is 0.